The molecule has 1 aromatic heterocycles. The van der Waals surface area contributed by atoms with Crippen LogP contribution in [0.2, 0.25) is 0 Å². The van der Waals surface area contributed by atoms with Crippen LogP contribution in [0, 0.1) is 0 Å². The average Bonchev–Trinajstić information content (AvgIpc) is 2.98. The van der Waals surface area contributed by atoms with Gasteiger partial charge in [0.2, 0.25) is 0 Å². The second-order valence-corrected chi connectivity index (χ2v) is 5.09. The van der Waals surface area contributed by atoms with Gasteiger partial charge in [-0.1, -0.05) is 0 Å². The Bertz CT molecular complexity index is 589. The van der Waals surface area contributed by atoms with Gasteiger partial charge < -0.3 is 20.5 Å². The Kier molecular flexibility index (Phi) is 7.83. The van der Waals surface area contributed by atoms with Crippen molar-refractivity contribution in [3.8, 4) is 5.75 Å². The van der Waals surface area contributed by atoms with Gasteiger partial charge in [0, 0.05) is 24.7 Å². The van der Waals surface area contributed by atoms with Crippen LogP contribution in [0.25, 0.3) is 0 Å². The molecule has 0 bridgehead atoms. The number of benzene rings is 1. The van der Waals surface area contributed by atoms with Gasteiger partial charge in [-0.25, -0.2) is 4.98 Å². The maximum Gasteiger partial charge on any atom is 0.275 e. The Morgan fingerprint density at radius 2 is 2.05 bits per heavy atom. The third-order valence-corrected chi connectivity index (χ3v) is 3.50. The van der Waals surface area contributed by atoms with Crippen molar-refractivity contribution in [3.05, 3.63) is 40.3 Å². The first kappa shape index (κ1) is 18.4. The second kappa shape index (κ2) is 9.37. The maximum atomic E-state index is 12.0. The number of carbonyl (C=O) groups is 1. The molecule has 3 N–H and O–H groups in total. The van der Waals surface area contributed by atoms with E-state index in [9.17, 15) is 4.79 Å². The van der Waals surface area contributed by atoms with Crippen LogP contribution in [0.4, 0.5) is 5.69 Å². The first-order valence-corrected chi connectivity index (χ1v) is 7.28. The number of ether oxygens (including phenoxy) is 2. The molecule has 0 unspecified atom stereocenters. The zero-order valence-corrected chi connectivity index (χ0v) is 13.7. The number of nitrogens with two attached hydrogens (primary N) is 1. The highest BCUT2D eigenvalue weighted by Gasteiger charge is 2.10. The van der Waals surface area contributed by atoms with Gasteiger partial charge in [0.15, 0.2) is 0 Å². The van der Waals surface area contributed by atoms with Crippen molar-refractivity contribution in [2.24, 2.45) is 5.73 Å². The Balaban J connectivity index is 0.00000242. The van der Waals surface area contributed by atoms with Crippen LogP contribution in [0.5, 0.6) is 5.75 Å². The van der Waals surface area contributed by atoms with Crippen LogP contribution in [0.3, 0.4) is 0 Å². The summed E-state index contributed by atoms with van der Waals surface area (Å²) in [7, 11) is 1.62. The molecule has 0 saturated heterocycles. The highest BCUT2D eigenvalue weighted by Crippen LogP contribution is 2.17. The van der Waals surface area contributed by atoms with Gasteiger partial charge in [-0.05, 0) is 24.3 Å². The van der Waals surface area contributed by atoms with Crippen molar-refractivity contribution in [3.63, 3.8) is 0 Å². The van der Waals surface area contributed by atoms with Gasteiger partial charge >= 0.3 is 0 Å². The van der Waals surface area contributed by atoms with Gasteiger partial charge in [0.25, 0.3) is 5.91 Å². The molecular formula is C14H18ClN3O3S. The van der Waals surface area contributed by atoms with Crippen molar-refractivity contribution >= 4 is 35.3 Å². The number of nitrogens with one attached hydrogen (secondary N) is 1. The summed E-state index contributed by atoms with van der Waals surface area (Å²) in [6.45, 7) is 1.36. The third-order valence-electron chi connectivity index (χ3n) is 2.63. The summed E-state index contributed by atoms with van der Waals surface area (Å²) in [6.07, 6.45) is 0. The number of amides is 1. The summed E-state index contributed by atoms with van der Waals surface area (Å²) in [6, 6.07) is 7.13. The molecule has 2 aromatic rings. The smallest absolute Gasteiger partial charge is 0.275 e. The molecule has 0 aliphatic carbocycles. The van der Waals surface area contributed by atoms with E-state index in [2.05, 4.69) is 10.3 Å². The zero-order chi connectivity index (χ0) is 15.1. The Morgan fingerprint density at radius 3 is 2.64 bits per heavy atom. The number of rotatable bonds is 7. The topological polar surface area (TPSA) is 86.5 Å². The number of halogens is 1. The summed E-state index contributed by atoms with van der Waals surface area (Å²) in [4.78, 5) is 16.1. The molecule has 120 valence electrons. The van der Waals surface area contributed by atoms with E-state index >= 15 is 0 Å². The predicted octanol–water partition coefficient (Wildman–Crippen LogP) is 2.30. The van der Waals surface area contributed by atoms with Gasteiger partial charge in [-0.2, -0.15) is 0 Å². The third kappa shape index (κ3) is 5.27. The molecule has 2 rings (SSSR count). The van der Waals surface area contributed by atoms with Crippen LogP contribution in [-0.4, -0.2) is 31.2 Å². The second-order valence-electron chi connectivity index (χ2n) is 4.15. The lowest BCUT2D eigenvalue weighted by Gasteiger charge is -2.07. The molecule has 0 radical (unpaired) electrons. The first-order chi connectivity index (χ1) is 10.2. The van der Waals surface area contributed by atoms with Crippen molar-refractivity contribution in [2.45, 2.75) is 6.54 Å². The standard InChI is InChI=1S/C14H17N3O3S.ClH/c1-19-6-7-20-11-4-2-10(3-5-11)16-14(18)12-9-21-13(8-15)17-12;/h2-5,9H,6-8,15H2,1H3,(H,16,18);1H. The number of carbonyl (C=O) groups excluding carboxylic acids is 1. The first-order valence-electron chi connectivity index (χ1n) is 6.40. The lowest BCUT2D eigenvalue weighted by molar-refractivity contribution is 0.102. The molecule has 8 heteroatoms. The Labute approximate surface area is 139 Å². The minimum Gasteiger partial charge on any atom is -0.491 e. The Hall–Kier alpha value is -1.67. The van der Waals surface area contributed by atoms with Crippen molar-refractivity contribution in [2.75, 3.05) is 25.6 Å². The SMILES string of the molecule is COCCOc1ccc(NC(=O)c2csc(CN)n2)cc1.Cl. The number of hydrogen-bond acceptors (Lipinski definition) is 6. The summed E-state index contributed by atoms with van der Waals surface area (Å²) >= 11 is 1.37. The predicted molar refractivity (Wildman–Crippen MR) is 89.0 cm³/mol. The molecule has 0 aliphatic rings. The van der Waals surface area contributed by atoms with Crippen LogP contribution in [-0.2, 0) is 11.3 Å². The normalized spacial score (nSPS) is 9.91. The van der Waals surface area contributed by atoms with Gasteiger partial charge in [-0.15, -0.1) is 23.7 Å². The highest BCUT2D eigenvalue weighted by atomic mass is 35.5. The van der Waals surface area contributed by atoms with Crippen LogP contribution in [0.15, 0.2) is 29.6 Å². The number of hydrogen-bond donors (Lipinski definition) is 2. The van der Waals surface area contributed by atoms with Crippen LogP contribution < -0.4 is 15.8 Å². The fourth-order valence-corrected chi connectivity index (χ4v) is 2.24. The molecular weight excluding hydrogens is 326 g/mol. The van der Waals surface area contributed by atoms with Gasteiger partial charge in [0.1, 0.15) is 23.1 Å². The highest BCUT2D eigenvalue weighted by molar-refractivity contribution is 7.09. The zero-order valence-electron chi connectivity index (χ0n) is 12.1. The molecule has 0 spiro atoms. The lowest BCUT2D eigenvalue weighted by Crippen LogP contribution is -2.12. The molecule has 22 heavy (non-hydrogen) atoms. The van der Waals surface area contributed by atoms with Crippen LogP contribution in [0.1, 0.15) is 15.5 Å². The van der Waals surface area contributed by atoms with Crippen molar-refractivity contribution in [1.82, 2.24) is 4.98 Å². The average molecular weight is 344 g/mol. The number of nitrogens with zero attached hydrogens (tertiary/aromatic N) is 1. The Morgan fingerprint density at radius 1 is 1.32 bits per heavy atom. The van der Waals surface area contributed by atoms with Crippen molar-refractivity contribution in [1.29, 1.82) is 0 Å². The van der Waals surface area contributed by atoms with E-state index in [1.807, 2.05) is 0 Å². The largest absolute Gasteiger partial charge is 0.491 e. The molecule has 1 heterocycles. The molecule has 0 atom stereocenters. The van der Waals surface area contributed by atoms with E-state index in [0.29, 0.717) is 31.1 Å². The fraction of sp³-hybridized carbons (Fsp3) is 0.286. The quantitative estimate of drug-likeness (QED) is 0.753. The minimum absolute atomic E-state index is 0. The maximum absolute atomic E-state index is 12.0. The fourth-order valence-electron chi connectivity index (χ4n) is 1.58. The number of aromatic nitrogens is 1. The van der Waals surface area contributed by atoms with E-state index < -0.39 is 0 Å². The number of anilines is 1. The molecule has 6 nitrogen and oxygen atoms in total. The molecule has 0 saturated carbocycles. The molecule has 1 aromatic carbocycles. The summed E-state index contributed by atoms with van der Waals surface area (Å²) in [5.74, 6) is 0.475. The van der Waals surface area contributed by atoms with E-state index in [-0.39, 0.29) is 18.3 Å². The van der Waals surface area contributed by atoms with Gasteiger partial charge in [0.05, 0.1) is 6.61 Å². The number of methoxy groups -OCH3 is 1. The summed E-state index contributed by atoms with van der Waals surface area (Å²) < 4.78 is 10.3. The molecule has 0 fully saturated rings. The lowest BCUT2D eigenvalue weighted by atomic mass is 10.3. The van der Waals surface area contributed by atoms with E-state index in [1.165, 1.54) is 11.3 Å². The van der Waals surface area contributed by atoms with E-state index in [4.69, 9.17) is 15.2 Å². The summed E-state index contributed by atoms with van der Waals surface area (Å²) in [5.41, 5.74) is 6.53. The minimum atomic E-state index is -0.251. The van der Waals surface area contributed by atoms with Crippen LogP contribution >= 0.6 is 23.7 Å². The van der Waals surface area contributed by atoms with Crippen molar-refractivity contribution < 1.29 is 14.3 Å². The van der Waals surface area contributed by atoms with E-state index in [0.717, 1.165) is 10.8 Å². The molecule has 0 aliphatic heterocycles. The number of thiazole rings is 1. The molecule has 1 amide bonds. The monoisotopic (exact) mass is 343 g/mol. The van der Waals surface area contributed by atoms with Gasteiger partial charge in [-0.3, -0.25) is 4.79 Å². The van der Waals surface area contributed by atoms with E-state index in [1.54, 1.807) is 36.8 Å². The summed E-state index contributed by atoms with van der Waals surface area (Å²) in [5, 5.41) is 5.21.